The van der Waals surface area contributed by atoms with Gasteiger partial charge in [-0.2, -0.15) is 0 Å². The van der Waals surface area contributed by atoms with Crippen molar-refractivity contribution in [1.82, 2.24) is 30.2 Å². The first-order chi connectivity index (χ1) is 10.6. The van der Waals surface area contributed by atoms with E-state index in [-0.39, 0.29) is 11.8 Å². The van der Waals surface area contributed by atoms with Crippen LogP contribution in [0.1, 0.15) is 19.9 Å². The van der Waals surface area contributed by atoms with E-state index in [9.17, 15) is 4.39 Å². The first-order valence-electron chi connectivity index (χ1n) is 6.54. The molecule has 2 aromatic heterocycles. The molecule has 9 heteroatoms. The highest BCUT2D eigenvalue weighted by molar-refractivity contribution is 7.99. The molecule has 114 valence electrons. The van der Waals surface area contributed by atoms with Crippen molar-refractivity contribution in [2.45, 2.75) is 30.1 Å². The zero-order chi connectivity index (χ0) is 15.7. The first kappa shape index (κ1) is 14.6. The first-order valence-corrected chi connectivity index (χ1v) is 7.35. The summed E-state index contributed by atoms with van der Waals surface area (Å²) in [5.41, 5.74) is 0.499. The number of benzene rings is 1. The van der Waals surface area contributed by atoms with Gasteiger partial charge >= 0.3 is 0 Å². The van der Waals surface area contributed by atoms with E-state index in [0.29, 0.717) is 21.1 Å². The molecule has 0 fully saturated rings. The Bertz CT molecular complexity index is 821. The smallest absolute Gasteiger partial charge is 0.215 e. The van der Waals surface area contributed by atoms with E-state index < -0.39 is 5.82 Å². The monoisotopic (exact) mass is 320 g/mol. The number of methoxy groups -OCH3 is 1. The number of halogens is 1. The zero-order valence-electron chi connectivity index (χ0n) is 12.2. The van der Waals surface area contributed by atoms with Crippen molar-refractivity contribution in [2.75, 3.05) is 7.11 Å². The predicted octanol–water partition coefficient (Wildman–Crippen LogP) is 2.50. The molecular weight excluding hydrogens is 307 g/mol. The minimum Gasteiger partial charge on any atom is -0.494 e. The Labute approximate surface area is 129 Å². The summed E-state index contributed by atoms with van der Waals surface area (Å²) in [6.07, 6.45) is 1.39. The molecule has 0 aliphatic rings. The Morgan fingerprint density at radius 3 is 2.82 bits per heavy atom. The third-order valence-electron chi connectivity index (χ3n) is 3.01. The third kappa shape index (κ3) is 2.59. The van der Waals surface area contributed by atoms with Gasteiger partial charge in [-0.15, -0.1) is 5.10 Å². The van der Waals surface area contributed by atoms with Crippen LogP contribution in [-0.2, 0) is 0 Å². The number of hydrogen-bond acceptors (Lipinski definition) is 7. The second-order valence-electron chi connectivity index (χ2n) is 4.78. The number of ether oxygens (including phenoxy) is 1. The molecule has 22 heavy (non-hydrogen) atoms. The molecule has 0 saturated carbocycles. The highest BCUT2D eigenvalue weighted by Crippen LogP contribution is 2.33. The maximum atomic E-state index is 13.8. The predicted molar refractivity (Wildman–Crippen MR) is 78.4 cm³/mol. The fourth-order valence-corrected chi connectivity index (χ4v) is 2.90. The van der Waals surface area contributed by atoms with Gasteiger partial charge in [0.25, 0.3) is 0 Å². The van der Waals surface area contributed by atoms with E-state index in [1.807, 2.05) is 13.8 Å². The number of tetrazole rings is 1. The molecule has 0 bridgehead atoms. The number of nitrogens with zero attached hydrogens (tertiary/aromatic N) is 6. The summed E-state index contributed by atoms with van der Waals surface area (Å²) in [6.45, 7) is 3.97. The standard InChI is InChI=1S/C13H13FN6OS/c1-7(2)20-13(17-18-19-20)22-12-8-4-11(21-3)9(14)5-10(8)15-6-16-12/h4-7H,1-3H3. The van der Waals surface area contributed by atoms with Crippen molar-refractivity contribution in [2.24, 2.45) is 0 Å². The maximum Gasteiger partial charge on any atom is 0.215 e. The molecule has 0 N–H and O–H groups in total. The van der Waals surface area contributed by atoms with E-state index >= 15 is 0 Å². The van der Waals surface area contributed by atoms with Crippen LogP contribution in [0, 0.1) is 5.82 Å². The lowest BCUT2D eigenvalue weighted by atomic mass is 10.2. The third-order valence-corrected chi connectivity index (χ3v) is 3.98. The molecule has 0 saturated heterocycles. The van der Waals surface area contributed by atoms with Crippen molar-refractivity contribution >= 4 is 22.7 Å². The average molecular weight is 320 g/mol. The number of aromatic nitrogens is 6. The summed E-state index contributed by atoms with van der Waals surface area (Å²) in [5, 5.41) is 13.6. The Hall–Kier alpha value is -2.29. The average Bonchev–Trinajstić information content (AvgIpc) is 2.95. The Kier molecular flexibility index (Phi) is 3.88. The lowest BCUT2D eigenvalue weighted by Gasteiger charge is -2.09. The van der Waals surface area contributed by atoms with Crippen molar-refractivity contribution in [1.29, 1.82) is 0 Å². The fourth-order valence-electron chi connectivity index (χ4n) is 1.94. The SMILES string of the molecule is COc1cc2c(Sc3nnnn3C(C)C)ncnc2cc1F. The Morgan fingerprint density at radius 1 is 1.27 bits per heavy atom. The van der Waals surface area contributed by atoms with Crippen molar-refractivity contribution in [3.8, 4) is 5.75 Å². The molecule has 3 rings (SSSR count). The van der Waals surface area contributed by atoms with Gasteiger partial charge in [-0.1, -0.05) is 0 Å². The molecule has 0 spiro atoms. The minimum atomic E-state index is -0.461. The summed E-state index contributed by atoms with van der Waals surface area (Å²) >= 11 is 1.30. The van der Waals surface area contributed by atoms with Gasteiger partial charge in [0, 0.05) is 11.5 Å². The molecule has 3 aromatic rings. The normalized spacial score (nSPS) is 11.3. The fraction of sp³-hybridized carbons (Fsp3) is 0.308. The van der Waals surface area contributed by atoms with Gasteiger partial charge in [0.1, 0.15) is 11.4 Å². The second-order valence-corrected chi connectivity index (χ2v) is 5.74. The van der Waals surface area contributed by atoms with Gasteiger partial charge in [-0.25, -0.2) is 19.0 Å². The van der Waals surface area contributed by atoms with Crippen LogP contribution in [0.15, 0.2) is 28.6 Å². The second kappa shape index (κ2) is 5.84. The lowest BCUT2D eigenvalue weighted by Crippen LogP contribution is -2.04. The zero-order valence-corrected chi connectivity index (χ0v) is 13.0. The van der Waals surface area contributed by atoms with Crippen LogP contribution in [0.2, 0.25) is 0 Å². The number of fused-ring (bicyclic) bond motifs is 1. The van der Waals surface area contributed by atoms with Gasteiger partial charge in [-0.3, -0.25) is 0 Å². The Morgan fingerprint density at radius 2 is 2.09 bits per heavy atom. The molecule has 0 unspecified atom stereocenters. The van der Waals surface area contributed by atoms with Gasteiger partial charge < -0.3 is 4.74 Å². The molecule has 0 amide bonds. The summed E-state index contributed by atoms with van der Waals surface area (Å²) in [7, 11) is 1.42. The molecule has 0 aliphatic heterocycles. The molecule has 7 nitrogen and oxygen atoms in total. The van der Waals surface area contributed by atoms with Crippen LogP contribution in [0.25, 0.3) is 10.9 Å². The van der Waals surface area contributed by atoms with E-state index in [1.165, 1.54) is 31.3 Å². The van der Waals surface area contributed by atoms with Crippen LogP contribution in [0.3, 0.4) is 0 Å². The summed E-state index contributed by atoms with van der Waals surface area (Å²) in [6, 6.07) is 3.03. The van der Waals surface area contributed by atoms with E-state index in [2.05, 4.69) is 25.5 Å². The molecule has 2 heterocycles. The number of rotatable bonds is 4. The van der Waals surface area contributed by atoms with Gasteiger partial charge in [0.15, 0.2) is 11.6 Å². The van der Waals surface area contributed by atoms with Crippen LogP contribution >= 0.6 is 11.8 Å². The quantitative estimate of drug-likeness (QED) is 0.683. The van der Waals surface area contributed by atoms with Crippen molar-refractivity contribution in [3.05, 3.63) is 24.3 Å². The van der Waals surface area contributed by atoms with Crippen molar-refractivity contribution in [3.63, 3.8) is 0 Å². The molecule has 0 aliphatic carbocycles. The van der Waals surface area contributed by atoms with Crippen LogP contribution in [0.5, 0.6) is 5.75 Å². The highest BCUT2D eigenvalue weighted by Gasteiger charge is 2.15. The van der Waals surface area contributed by atoms with Gasteiger partial charge in [0.05, 0.1) is 18.7 Å². The van der Waals surface area contributed by atoms with E-state index in [1.54, 1.807) is 10.7 Å². The van der Waals surface area contributed by atoms with Crippen LogP contribution in [0.4, 0.5) is 4.39 Å². The molecular formula is C13H13FN6OS. The highest BCUT2D eigenvalue weighted by atomic mass is 32.2. The maximum absolute atomic E-state index is 13.8. The van der Waals surface area contributed by atoms with Gasteiger partial charge in [-0.05, 0) is 42.1 Å². The van der Waals surface area contributed by atoms with Gasteiger partial charge in [0.2, 0.25) is 5.16 Å². The lowest BCUT2D eigenvalue weighted by molar-refractivity contribution is 0.387. The minimum absolute atomic E-state index is 0.123. The molecule has 1 aromatic carbocycles. The topological polar surface area (TPSA) is 78.6 Å². The van der Waals surface area contributed by atoms with Crippen molar-refractivity contribution < 1.29 is 9.13 Å². The van der Waals surface area contributed by atoms with E-state index in [0.717, 1.165) is 0 Å². The molecule has 0 atom stereocenters. The Balaban J connectivity index is 2.09. The summed E-state index contributed by atoms with van der Waals surface area (Å²) in [5.74, 6) is -0.315. The largest absolute Gasteiger partial charge is 0.494 e. The van der Waals surface area contributed by atoms with E-state index in [4.69, 9.17) is 4.74 Å². The number of hydrogen-bond donors (Lipinski definition) is 0. The molecule has 0 radical (unpaired) electrons. The summed E-state index contributed by atoms with van der Waals surface area (Å²) < 4.78 is 20.5. The summed E-state index contributed by atoms with van der Waals surface area (Å²) in [4.78, 5) is 8.34. The van der Waals surface area contributed by atoms with Crippen LogP contribution < -0.4 is 4.74 Å². The van der Waals surface area contributed by atoms with Crippen LogP contribution in [-0.4, -0.2) is 37.3 Å².